The van der Waals surface area contributed by atoms with Crippen LogP contribution in [0, 0.1) is 0 Å². The number of furan rings is 1. The fourth-order valence-corrected chi connectivity index (χ4v) is 8.90. The van der Waals surface area contributed by atoms with Crippen LogP contribution in [0.15, 0.2) is 192 Å². The van der Waals surface area contributed by atoms with E-state index in [0.717, 1.165) is 44.8 Å². The van der Waals surface area contributed by atoms with E-state index in [4.69, 9.17) is 9.40 Å². The molecule has 11 rings (SSSR count). The Morgan fingerprint density at radius 3 is 1.50 bits per heavy atom. The van der Waals surface area contributed by atoms with E-state index in [0.29, 0.717) is 0 Å². The van der Waals surface area contributed by atoms with Crippen molar-refractivity contribution in [2.75, 3.05) is 0 Å². The zero-order valence-electron chi connectivity index (χ0n) is 28.3. The first-order valence-corrected chi connectivity index (χ1v) is 17.9. The van der Waals surface area contributed by atoms with Crippen molar-refractivity contribution in [3.63, 3.8) is 0 Å². The zero-order valence-corrected chi connectivity index (χ0v) is 28.3. The first kappa shape index (κ1) is 29.0. The molecule has 0 bridgehead atoms. The van der Waals surface area contributed by atoms with Crippen LogP contribution in [0.25, 0.3) is 78.0 Å². The van der Waals surface area contributed by atoms with Gasteiger partial charge in [-0.15, -0.1) is 0 Å². The molecule has 0 saturated heterocycles. The summed E-state index contributed by atoms with van der Waals surface area (Å²) in [5, 5.41) is 1.15. The first-order valence-electron chi connectivity index (χ1n) is 17.9. The predicted molar refractivity (Wildman–Crippen MR) is 212 cm³/mol. The summed E-state index contributed by atoms with van der Waals surface area (Å²) in [5.41, 5.74) is 17.9. The highest BCUT2D eigenvalue weighted by molar-refractivity contribution is 6.05. The summed E-state index contributed by atoms with van der Waals surface area (Å²) in [4.78, 5) is 5.16. The second kappa shape index (κ2) is 11.1. The van der Waals surface area contributed by atoms with Gasteiger partial charge in [0.1, 0.15) is 16.8 Å². The van der Waals surface area contributed by atoms with Crippen molar-refractivity contribution in [1.29, 1.82) is 0 Å². The van der Waals surface area contributed by atoms with E-state index in [-0.39, 0.29) is 0 Å². The van der Waals surface area contributed by atoms with Gasteiger partial charge in [0.05, 0.1) is 11.4 Å². The molecule has 1 spiro atoms. The summed E-state index contributed by atoms with van der Waals surface area (Å²) < 4.78 is 6.99. The number of nitrogens with zero attached hydrogens (tertiary/aromatic N) is 1. The summed E-state index contributed by atoms with van der Waals surface area (Å²) in [6.45, 7) is 0. The molecule has 2 aliphatic carbocycles. The molecule has 9 aromatic rings. The Kier molecular flexibility index (Phi) is 6.20. The second-order valence-corrected chi connectivity index (χ2v) is 13.8. The van der Waals surface area contributed by atoms with Crippen LogP contribution in [-0.4, -0.2) is 4.98 Å². The summed E-state index contributed by atoms with van der Waals surface area (Å²) in [7, 11) is 0. The molecule has 2 aliphatic rings. The highest BCUT2D eigenvalue weighted by atomic mass is 16.3. The quantitative estimate of drug-likeness (QED) is 0.188. The maximum atomic E-state index is 6.99. The number of pyridine rings is 1. The third-order valence-corrected chi connectivity index (χ3v) is 11.1. The molecule has 2 heteroatoms. The van der Waals surface area contributed by atoms with Gasteiger partial charge in [-0.2, -0.15) is 0 Å². The summed E-state index contributed by atoms with van der Waals surface area (Å²) in [6.07, 6.45) is 0. The van der Waals surface area contributed by atoms with Gasteiger partial charge in [-0.25, -0.2) is 4.98 Å². The van der Waals surface area contributed by atoms with Gasteiger partial charge in [-0.1, -0.05) is 164 Å². The largest absolute Gasteiger partial charge is 0.459 e. The lowest BCUT2D eigenvalue weighted by Gasteiger charge is -2.28. The lowest BCUT2D eigenvalue weighted by molar-refractivity contribution is 0.507. The summed E-state index contributed by atoms with van der Waals surface area (Å²) in [5.74, 6) is 1.01. The average molecular weight is 662 g/mol. The lowest BCUT2D eigenvalue weighted by Crippen LogP contribution is -2.25. The molecule has 0 saturated carbocycles. The van der Waals surface area contributed by atoms with Crippen molar-refractivity contribution in [1.82, 2.24) is 4.98 Å². The van der Waals surface area contributed by atoms with Crippen LogP contribution in [0.1, 0.15) is 22.5 Å². The van der Waals surface area contributed by atoms with Gasteiger partial charge in [0.15, 0.2) is 0 Å². The Labute approximate surface area is 302 Å². The number of para-hydroxylation sites is 1. The molecule has 2 nitrogen and oxygen atoms in total. The van der Waals surface area contributed by atoms with Crippen molar-refractivity contribution in [3.05, 3.63) is 211 Å². The molecule has 52 heavy (non-hydrogen) atoms. The third-order valence-electron chi connectivity index (χ3n) is 11.1. The van der Waals surface area contributed by atoms with Gasteiger partial charge in [-0.3, -0.25) is 0 Å². The van der Waals surface area contributed by atoms with Crippen molar-refractivity contribution in [3.8, 4) is 67.0 Å². The van der Waals surface area contributed by atoms with Crippen molar-refractivity contribution < 1.29 is 4.42 Å². The van der Waals surface area contributed by atoms with Gasteiger partial charge in [0, 0.05) is 22.1 Å². The smallest absolute Gasteiger partial charge is 0.135 e. The molecule has 2 aromatic heterocycles. The fourth-order valence-electron chi connectivity index (χ4n) is 8.90. The lowest BCUT2D eigenvalue weighted by atomic mass is 9.73. The highest BCUT2D eigenvalue weighted by Gasteiger charge is 2.54. The molecule has 0 fully saturated rings. The van der Waals surface area contributed by atoms with Crippen molar-refractivity contribution >= 4 is 11.0 Å². The van der Waals surface area contributed by atoms with Gasteiger partial charge < -0.3 is 4.42 Å². The molecule has 0 radical (unpaired) electrons. The van der Waals surface area contributed by atoms with Crippen LogP contribution in [0.2, 0.25) is 0 Å². The van der Waals surface area contributed by atoms with Crippen LogP contribution < -0.4 is 0 Å². The Morgan fingerprint density at radius 2 is 0.865 bits per heavy atom. The van der Waals surface area contributed by atoms with E-state index in [9.17, 15) is 0 Å². The molecule has 0 amide bonds. The van der Waals surface area contributed by atoms with E-state index in [1.807, 2.05) is 0 Å². The van der Waals surface area contributed by atoms with E-state index < -0.39 is 5.41 Å². The van der Waals surface area contributed by atoms with Crippen LogP contribution in [0.4, 0.5) is 0 Å². The number of hydrogen-bond donors (Lipinski definition) is 0. The van der Waals surface area contributed by atoms with Crippen LogP contribution in [0.5, 0.6) is 0 Å². The fraction of sp³-hybridized carbons (Fsp3) is 0.0200. The van der Waals surface area contributed by atoms with Crippen molar-refractivity contribution in [2.45, 2.75) is 5.41 Å². The topological polar surface area (TPSA) is 26.0 Å². The minimum Gasteiger partial charge on any atom is -0.459 e. The SMILES string of the molecule is c1ccc(-c2cc(-c3ccccc3-c3ccc4c(c3)-c3c(oc5ccccc35)C43c4ccccc4-c4ccccc43)cc(-c3ccccc3)n2)cc1. The first-order chi connectivity index (χ1) is 25.8. The maximum Gasteiger partial charge on any atom is 0.135 e. The molecular weight excluding hydrogens is 631 g/mol. The molecule has 0 aliphatic heterocycles. The van der Waals surface area contributed by atoms with Gasteiger partial charge in [0.25, 0.3) is 0 Å². The molecule has 7 aromatic carbocycles. The molecule has 2 heterocycles. The average Bonchev–Trinajstić information content (AvgIpc) is 3.85. The van der Waals surface area contributed by atoms with Crippen molar-refractivity contribution in [2.24, 2.45) is 0 Å². The Balaban J connectivity index is 1.16. The van der Waals surface area contributed by atoms with Gasteiger partial charge in [-0.05, 0) is 79.9 Å². The molecule has 242 valence electrons. The monoisotopic (exact) mass is 661 g/mol. The minimum absolute atomic E-state index is 0.533. The number of fused-ring (bicyclic) bond motifs is 12. The van der Waals surface area contributed by atoms with Crippen LogP contribution in [-0.2, 0) is 5.41 Å². The summed E-state index contributed by atoms with van der Waals surface area (Å²) in [6, 6.07) is 67.5. The van der Waals surface area contributed by atoms with E-state index in [1.54, 1.807) is 0 Å². The van der Waals surface area contributed by atoms with Crippen LogP contribution >= 0.6 is 0 Å². The Hall–Kier alpha value is -6.77. The highest BCUT2D eigenvalue weighted by Crippen LogP contribution is 2.64. The molecular formula is C50H31NO. The van der Waals surface area contributed by atoms with Gasteiger partial charge >= 0.3 is 0 Å². The maximum absolute atomic E-state index is 6.99. The number of benzene rings is 7. The van der Waals surface area contributed by atoms with Gasteiger partial charge in [0.2, 0.25) is 0 Å². The van der Waals surface area contributed by atoms with E-state index in [2.05, 4.69) is 188 Å². The molecule has 0 N–H and O–H groups in total. The normalized spacial score (nSPS) is 13.2. The molecule has 0 unspecified atom stereocenters. The standard InChI is InChI=1S/C50H31NO/c1-3-15-32(16-4-1)45-30-35(31-46(51-45)33-17-5-2-6-18-33)37-20-8-7-19-36(37)34-27-28-44-41(29-34)48-40-23-11-14-26-47(40)52-49(48)50(44)42-24-12-9-21-38(42)39-22-10-13-25-43(39)50/h1-31H. The minimum atomic E-state index is -0.533. The van der Waals surface area contributed by atoms with E-state index in [1.165, 1.54) is 55.6 Å². The van der Waals surface area contributed by atoms with Crippen LogP contribution in [0.3, 0.4) is 0 Å². The summed E-state index contributed by atoms with van der Waals surface area (Å²) >= 11 is 0. The second-order valence-electron chi connectivity index (χ2n) is 13.8. The molecule has 0 atom stereocenters. The Bertz CT molecular complexity index is 2740. The number of hydrogen-bond acceptors (Lipinski definition) is 2. The predicted octanol–water partition coefficient (Wildman–Crippen LogP) is 12.8. The Morgan fingerprint density at radius 1 is 0.365 bits per heavy atom. The number of rotatable bonds is 4. The third kappa shape index (κ3) is 4.03. The van der Waals surface area contributed by atoms with E-state index >= 15 is 0 Å². The number of aromatic nitrogens is 1. The zero-order chi connectivity index (χ0) is 34.2.